The number of hydrogen-bond donors (Lipinski definition) is 2. The second-order valence-electron chi connectivity index (χ2n) is 5.93. The molecule has 0 atom stereocenters. The number of anilines is 3. The summed E-state index contributed by atoms with van der Waals surface area (Å²) < 4.78 is 5.75. The molecule has 0 aliphatic carbocycles. The first-order valence-corrected chi connectivity index (χ1v) is 10.4. The summed E-state index contributed by atoms with van der Waals surface area (Å²) in [5.74, 6) is 1.61. The molecule has 0 fully saturated rings. The van der Waals surface area contributed by atoms with Crippen LogP contribution < -0.4 is 10.6 Å². The number of para-hydroxylation sites is 1. The highest BCUT2D eigenvalue weighted by Crippen LogP contribution is 2.30. The van der Waals surface area contributed by atoms with Crippen LogP contribution in [0.2, 0.25) is 0 Å². The molecule has 9 heteroatoms. The molecule has 3 rings (SSSR count). The van der Waals surface area contributed by atoms with Crippen LogP contribution in [0.25, 0.3) is 0 Å². The summed E-state index contributed by atoms with van der Waals surface area (Å²) in [6.45, 7) is 5.99. The largest absolute Gasteiger partial charge is 0.360 e. The minimum absolute atomic E-state index is 0.105. The zero-order valence-corrected chi connectivity index (χ0v) is 17.0. The fraction of sp³-hybridized carbons (Fsp3) is 0.333. The Hall–Kier alpha value is -2.39. The number of aryl methyl sites for hydroxylation is 3. The van der Waals surface area contributed by atoms with E-state index in [0.29, 0.717) is 23.8 Å². The van der Waals surface area contributed by atoms with E-state index in [1.165, 1.54) is 34.2 Å². The average Bonchev–Trinajstić information content (AvgIpc) is 3.25. The lowest BCUT2D eigenvalue weighted by atomic mass is 10.1. The molecule has 1 aromatic carbocycles. The van der Waals surface area contributed by atoms with Gasteiger partial charge in [0.25, 0.3) is 0 Å². The van der Waals surface area contributed by atoms with Crippen LogP contribution in [0.1, 0.15) is 30.2 Å². The SMILES string of the molecule is CCc1cccc(C)c1Nc1nnc(SCCC(=O)Nc2cc(C)on2)s1. The summed E-state index contributed by atoms with van der Waals surface area (Å²) in [4.78, 5) is 11.9. The van der Waals surface area contributed by atoms with E-state index in [-0.39, 0.29) is 5.91 Å². The van der Waals surface area contributed by atoms with Gasteiger partial charge in [-0.25, -0.2) is 0 Å². The Labute approximate surface area is 165 Å². The van der Waals surface area contributed by atoms with Gasteiger partial charge >= 0.3 is 0 Å². The van der Waals surface area contributed by atoms with Crippen molar-refractivity contribution in [2.45, 2.75) is 38.0 Å². The minimum atomic E-state index is -0.105. The lowest BCUT2D eigenvalue weighted by Crippen LogP contribution is -2.12. The Morgan fingerprint density at radius 2 is 2.15 bits per heavy atom. The number of nitrogens with zero attached hydrogens (tertiary/aromatic N) is 3. The van der Waals surface area contributed by atoms with E-state index >= 15 is 0 Å². The van der Waals surface area contributed by atoms with Crippen LogP contribution in [0.5, 0.6) is 0 Å². The summed E-state index contributed by atoms with van der Waals surface area (Å²) in [6.07, 6.45) is 1.31. The Kier molecular flexibility index (Phi) is 6.46. The number of nitrogens with one attached hydrogen (secondary N) is 2. The van der Waals surface area contributed by atoms with Gasteiger partial charge in [-0.1, -0.05) is 53.4 Å². The van der Waals surface area contributed by atoms with Crippen LogP contribution in [0.3, 0.4) is 0 Å². The number of rotatable bonds is 8. The Morgan fingerprint density at radius 1 is 1.30 bits per heavy atom. The lowest BCUT2D eigenvalue weighted by Gasteiger charge is -2.11. The molecule has 0 saturated carbocycles. The summed E-state index contributed by atoms with van der Waals surface area (Å²) >= 11 is 3.00. The quantitative estimate of drug-likeness (QED) is 0.532. The second-order valence-corrected chi connectivity index (χ2v) is 8.25. The van der Waals surface area contributed by atoms with Crippen molar-refractivity contribution in [3.63, 3.8) is 0 Å². The molecule has 0 aliphatic rings. The number of carbonyl (C=O) groups excluding carboxylic acids is 1. The van der Waals surface area contributed by atoms with Crippen molar-refractivity contribution in [3.8, 4) is 0 Å². The monoisotopic (exact) mass is 403 g/mol. The molecule has 1 amide bonds. The van der Waals surface area contributed by atoms with Gasteiger partial charge in [0.1, 0.15) is 5.76 Å². The van der Waals surface area contributed by atoms with Crippen LogP contribution in [-0.2, 0) is 11.2 Å². The molecule has 2 heterocycles. The van der Waals surface area contributed by atoms with Crippen molar-refractivity contribution in [2.24, 2.45) is 0 Å². The van der Waals surface area contributed by atoms with Crippen molar-refractivity contribution in [1.29, 1.82) is 0 Å². The zero-order chi connectivity index (χ0) is 19.2. The van der Waals surface area contributed by atoms with E-state index < -0.39 is 0 Å². The van der Waals surface area contributed by atoms with Crippen LogP contribution in [-0.4, -0.2) is 27.0 Å². The summed E-state index contributed by atoms with van der Waals surface area (Å²) in [6, 6.07) is 7.93. The standard InChI is InChI=1S/C18H21N5O2S2/c1-4-13-7-5-6-11(2)16(13)20-17-21-22-18(27-17)26-9-8-15(24)19-14-10-12(3)25-23-14/h5-7,10H,4,8-9H2,1-3H3,(H,20,21)(H,19,23,24). The third-order valence-electron chi connectivity index (χ3n) is 3.83. The molecule has 0 radical (unpaired) electrons. The van der Waals surface area contributed by atoms with Crippen molar-refractivity contribution < 1.29 is 9.32 Å². The molecular weight excluding hydrogens is 382 g/mol. The molecule has 3 aromatic rings. The van der Waals surface area contributed by atoms with Gasteiger partial charge < -0.3 is 15.2 Å². The maximum Gasteiger partial charge on any atom is 0.226 e. The second kappa shape index (κ2) is 9.01. The first-order valence-electron chi connectivity index (χ1n) is 8.60. The number of aromatic nitrogens is 3. The summed E-state index contributed by atoms with van der Waals surface area (Å²) in [7, 11) is 0. The van der Waals surface area contributed by atoms with Gasteiger partial charge in [0.2, 0.25) is 11.0 Å². The van der Waals surface area contributed by atoms with Crippen molar-refractivity contribution in [3.05, 3.63) is 41.2 Å². The molecule has 27 heavy (non-hydrogen) atoms. The van der Waals surface area contributed by atoms with Crippen LogP contribution >= 0.6 is 23.1 Å². The molecule has 0 aliphatic heterocycles. The van der Waals surface area contributed by atoms with E-state index in [1.54, 1.807) is 13.0 Å². The normalized spacial score (nSPS) is 10.8. The maximum absolute atomic E-state index is 11.9. The highest BCUT2D eigenvalue weighted by atomic mass is 32.2. The molecule has 142 valence electrons. The smallest absolute Gasteiger partial charge is 0.226 e. The average molecular weight is 404 g/mol. The van der Waals surface area contributed by atoms with Crippen LogP contribution in [0.4, 0.5) is 16.6 Å². The van der Waals surface area contributed by atoms with Gasteiger partial charge in [-0.2, -0.15) is 0 Å². The number of thioether (sulfide) groups is 1. The van der Waals surface area contributed by atoms with Gasteiger partial charge in [-0.05, 0) is 31.4 Å². The highest BCUT2D eigenvalue weighted by Gasteiger charge is 2.11. The van der Waals surface area contributed by atoms with E-state index in [0.717, 1.165) is 21.6 Å². The number of amides is 1. The van der Waals surface area contributed by atoms with Crippen molar-refractivity contribution >= 4 is 45.6 Å². The number of benzene rings is 1. The third-order valence-corrected chi connectivity index (χ3v) is 5.80. The number of carbonyl (C=O) groups is 1. The van der Waals surface area contributed by atoms with E-state index in [2.05, 4.69) is 58.0 Å². The predicted octanol–water partition coefficient (Wildman–Crippen LogP) is 4.57. The van der Waals surface area contributed by atoms with Gasteiger partial charge in [0, 0.05) is 23.9 Å². The van der Waals surface area contributed by atoms with E-state index in [4.69, 9.17) is 4.52 Å². The van der Waals surface area contributed by atoms with Gasteiger partial charge in [0.05, 0.1) is 0 Å². The minimum Gasteiger partial charge on any atom is -0.360 e. The van der Waals surface area contributed by atoms with Crippen molar-refractivity contribution in [2.75, 3.05) is 16.4 Å². The lowest BCUT2D eigenvalue weighted by molar-refractivity contribution is -0.115. The highest BCUT2D eigenvalue weighted by molar-refractivity contribution is 8.01. The van der Waals surface area contributed by atoms with Gasteiger partial charge in [-0.15, -0.1) is 10.2 Å². The van der Waals surface area contributed by atoms with Crippen LogP contribution in [0.15, 0.2) is 33.1 Å². The fourth-order valence-corrected chi connectivity index (χ4v) is 4.25. The first kappa shape index (κ1) is 19.4. The fourth-order valence-electron chi connectivity index (χ4n) is 2.49. The summed E-state index contributed by atoms with van der Waals surface area (Å²) in [5, 5.41) is 19.0. The Balaban J connectivity index is 1.50. The predicted molar refractivity (Wildman–Crippen MR) is 109 cm³/mol. The first-order chi connectivity index (χ1) is 13.0. The molecule has 2 aromatic heterocycles. The maximum atomic E-state index is 11.9. The third kappa shape index (κ3) is 5.30. The molecule has 0 spiro atoms. The van der Waals surface area contributed by atoms with Crippen LogP contribution in [0, 0.1) is 13.8 Å². The molecular formula is C18H21N5O2S2. The van der Waals surface area contributed by atoms with E-state index in [9.17, 15) is 4.79 Å². The molecule has 7 nitrogen and oxygen atoms in total. The van der Waals surface area contributed by atoms with Gasteiger partial charge in [-0.3, -0.25) is 4.79 Å². The summed E-state index contributed by atoms with van der Waals surface area (Å²) in [5.41, 5.74) is 3.52. The van der Waals surface area contributed by atoms with Crippen molar-refractivity contribution in [1.82, 2.24) is 15.4 Å². The van der Waals surface area contributed by atoms with Gasteiger partial charge in [0.15, 0.2) is 10.2 Å². The zero-order valence-electron chi connectivity index (χ0n) is 15.4. The molecule has 0 bridgehead atoms. The topological polar surface area (TPSA) is 92.9 Å². The molecule has 0 saturated heterocycles. The molecule has 2 N–H and O–H groups in total. The Bertz CT molecular complexity index is 922. The Morgan fingerprint density at radius 3 is 2.89 bits per heavy atom. The number of hydrogen-bond acceptors (Lipinski definition) is 8. The van der Waals surface area contributed by atoms with E-state index in [1.807, 2.05) is 0 Å². The molecule has 0 unspecified atom stereocenters.